The van der Waals surface area contributed by atoms with Crippen molar-refractivity contribution in [2.24, 2.45) is 10.9 Å². The van der Waals surface area contributed by atoms with Gasteiger partial charge >= 0.3 is 0 Å². The number of para-hydroxylation sites is 1. The molecule has 3 rings (SSSR count). The molecule has 0 saturated heterocycles. The first kappa shape index (κ1) is 11.5. The van der Waals surface area contributed by atoms with Gasteiger partial charge in [0.1, 0.15) is 5.82 Å². The van der Waals surface area contributed by atoms with E-state index in [-0.39, 0.29) is 5.84 Å². The van der Waals surface area contributed by atoms with E-state index < -0.39 is 0 Å². The molecular weight excluding hydrogens is 240 g/mol. The summed E-state index contributed by atoms with van der Waals surface area (Å²) >= 11 is 0. The molecule has 3 N–H and O–H groups in total. The van der Waals surface area contributed by atoms with E-state index in [1.807, 2.05) is 12.1 Å². The molecule has 5 nitrogen and oxygen atoms in total. The molecule has 1 aliphatic rings. The molecule has 2 heterocycles. The van der Waals surface area contributed by atoms with Crippen LogP contribution in [-0.4, -0.2) is 22.6 Å². The molecule has 0 bridgehead atoms. The summed E-state index contributed by atoms with van der Waals surface area (Å²) in [6.45, 7) is 0.926. The number of benzene rings is 1. The van der Waals surface area contributed by atoms with E-state index in [9.17, 15) is 0 Å². The Balaban J connectivity index is 1.92. The maximum Gasteiger partial charge on any atom is 0.171 e. The summed E-state index contributed by atoms with van der Waals surface area (Å²) in [6.07, 6.45) is 2.64. The molecule has 0 unspecified atom stereocenters. The minimum absolute atomic E-state index is 0.0703. The highest BCUT2D eigenvalue weighted by Gasteiger charge is 2.20. The number of anilines is 2. The number of rotatable bonds is 2. The fourth-order valence-corrected chi connectivity index (χ4v) is 2.33. The molecule has 19 heavy (non-hydrogen) atoms. The van der Waals surface area contributed by atoms with Gasteiger partial charge in [-0.15, -0.1) is 0 Å². The average molecular weight is 254 g/mol. The lowest BCUT2D eigenvalue weighted by molar-refractivity contribution is 0.318. The van der Waals surface area contributed by atoms with Crippen molar-refractivity contribution in [3.63, 3.8) is 0 Å². The maximum atomic E-state index is 8.62. The normalized spacial score (nSPS) is 14.5. The third-order valence-electron chi connectivity index (χ3n) is 3.32. The van der Waals surface area contributed by atoms with Crippen LogP contribution in [0, 0.1) is 0 Å². The lowest BCUT2D eigenvalue weighted by atomic mass is 10.2. The fraction of sp³-hybridized carbons (Fsp3) is 0.143. The number of pyridine rings is 1. The van der Waals surface area contributed by atoms with Crippen LogP contribution < -0.4 is 10.6 Å². The van der Waals surface area contributed by atoms with Gasteiger partial charge in [-0.2, -0.15) is 0 Å². The van der Waals surface area contributed by atoms with Crippen molar-refractivity contribution in [3.05, 3.63) is 53.7 Å². The van der Waals surface area contributed by atoms with Gasteiger partial charge in [-0.1, -0.05) is 23.4 Å². The van der Waals surface area contributed by atoms with E-state index in [1.54, 1.807) is 12.3 Å². The van der Waals surface area contributed by atoms with Gasteiger partial charge in [-0.3, -0.25) is 0 Å². The summed E-state index contributed by atoms with van der Waals surface area (Å²) in [4.78, 5) is 6.55. The van der Waals surface area contributed by atoms with Crippen molar-refractivity contribution in [3.8, 4) is 0 Å². The Morgan fingerprint density at radius 2 is 2.11 bits per heavy atom. The number of hydrogen-bond acceptors (Lipinski definition) is 4. The first-order valence-electron chi connectivity index (χ1n) is 6.09. The zero-order valence-corrected chi connectivity index (χ0v) is 10.3. The SMILES string of the molecule is N/C(=N\O)c1ccc(N2CCc3ccccc32)nc1. The Morgan fingerprint density at radius 3 is 2.84 bits per heavy atom. The molecule has 2 aromatic rings. The maximum absolute atomic E-state index is 8.62. The van der Waals surface area contributed by atoms with E-state index in [1.165, 1.54) is 11.3 Å². The quantitative estimate of drug-likeness (QED) is 0.371. The molecule has 0 amide bonds. The molecule has 0 radical (unpaired) electrons. The summed E-state index contributed by atoms with van der Waals surface area (Å²) in [5.41, 5.74) is 8.67. The molecule has 0 saturated carbocycles. The summed E-state index contributed by atoms with van der Waals surface area (Å²) in [6, 6.07) is 12.0. The van der Waals surface area contributed by atoms with Gasteiger partial charge in [0.25, 0.3) is 0 Å². The molecule has 0 atom stereocenters. The topological polar surface area (TPSA) is 74.7 Å². The molecule has 96 valence electrons. The average Bonchev–Trinajstić information content (AvgIpc) is 2.90. The van der Waals surface area contributed by atoms with E-state index in [2.05, 4.69) is 33.2 Å². The lowest BCUT2D eigenvalue weighted by Crippen LogP contribution is -2.17. The number of aromatic nitrogens is 1. The second kappa shape index (κ2) is 4.61. The van der Waals surface area contributed by atoms with Crippen LogP contribution in [0.3, 0.4) is 0 Å². The largest absolute Gasteiger partial charge is 0.409 e. The number of oxime groups is 1. The first-order chi connectivity index (χ1) is 9.29. The molecule has 5 heteroatoms. The molecule has 1 aliphatic heterocycles. The molecular formula is C14H14N4O. The van der Waals surface area contributed by atoms with Crippen molar-refractivity contribution in [2.45, 2.75) is 6.42 Å². The monoisotopic (exact) mass is 254 g/mol. The van der Waals surface area contributed by atoms with Gasteiger partial charge in [0.2, 0.25) is 0 Å². The fourth-order valence-electron chi connectivity index (χ4n) is 2.33. The Labute approximate surface area is 111 Å². The van der Waals surface area contributed by atoms with Crippen molar-refractivity contribution >= 4 is 17.3 Å². The molecule has 0 spiro atoms. The van der Waals surface area contributed by atoms with Gasteiger partial charge < -0.3 is 15.8 Å². The first-order valence-corrected chi connectivity index (χ1v) is 6.09. The smallest absolute Gasteiger partial charge is 0.171 e. The van der Waals surface area contributed by atoms with Crippen LogP contribution in [0.4, 0.5) is 11.5 Å². The summed E-state index contributed by atoms with van der Waals surface area (Å²) in [7, 11) is 0. The van der Waals surface area contributed by atoms with E-state index in [4.69, 9.17) is 10.9 Å². The number of nitrogens with zero attached hydrogens (tertiary/aromatic N) is 3. The highest BCUT2D eigenvalue weighted by atomic mass is 16.4. The Kier molecular flexibility index (Phi) is 2.79. The predicted molar refractivity (Wildman–Crippen MR) is 73.9 cm³/mol. The number of nitrogens with two attached hydrogens (primary N) is 1. The van der Waals surface area contributed by atoms with Gasteiger partial charge in [-0.05, 0) is 30.2 Å². The standard InChI is InChI=1S/C14H14N4O/c15-14(17-19)11-5-6-13(16-9-11)18-8-7-10-3-1-2-4-12(10)18/h1-6,9,19H,7-8H2,(H2,15,17). The Bertz CT molecular complexity index is 622. The van der Waals surface area contributed by atoms with Crippen LogP contribution in [-0.2, 0) is 6.42 Å². The van der Waals surface area contributed by atoms with Gasteiger partial charge in [0, 0.05) is 24.0 Å². The van der Waals surface area contributed by atoms with Crippen LogP contribution in [0.1, 0.15) is 11.1 Å². The van der Waals surface area contributed by atoms with Gasteiger partial charge in [-0.25, -0.2) is 4.98 Å². The molecule has 0 aliphatic carbocycles. The van der Waals surface area contributed by atoms with Crippen molar-refractivity contribution in [1.29, 1.82) is 0 Å². The number of amidine groups is 1. The minimum Gasteiger partial charge on any atom is -0.409 e. The van der Waals surface area contributed by atoms with Gasteiger partial charge in [0.05, 0.1) is 0 Å². The van der Waals surface area contributed by atoms with E-state index in [0.29, 0.717) is 5.56 Å². The van der Waals surface area contributed by atoms with E-state index >= 15 is 0 Å². The highest BCUT2D eigenvalue weighted by molar-refractivity contribution is 5.96. The third-order valence-corrected chi connectivity index (χ3v) is 3.32. The predicted octanol–water partition coefficient (Wildman–Crippen LogP) is 1.87. The zero-order valence-electron chi connectivity index (χ0n) is 10.3. The lowest BCUT2D eigenvalue weighted by Gasteiger charge is -2.18. The van der Waals surface area contributed by atoms with E-state index in [0.717, 1.165) is 18.8 Å². The molecule has 1 aromatic carbocycles. The van der Waals surface area contributed by atoms with Crippen LogP contribution in [0.2, 0.25) is 0 Å². The number of hydrogen-bond donors (Lipinski definition) is 2. The Hall–Kier alpha value is -2.56. The van der Waals surface area contributed by atoms with Crippen LogP contribution in [0.25, 0.3) is 0 Å². The van der Waals surface area contributed by atoms with Crippen LogP contribution >= 0.6 is 0 Å². The Morgan fingerprint density at radius 1 is 1.26 bits per heavy atom. The second-order valence-corrected chi connectivity index (χ2v) is 4.42. The number of fused-ring (bicyclic) bond motifs is 1. The van der Waals surface area contributed by atoms with Crippen LogP contribution in [0.15, 0.2) is 47.8 Å². The minimum atomic E-state index is 0.0703. The second-order valence-electron chi connectivity index (χ2n) is 4.42. The van der Waals surface area contributed by atoms with Gasteiger partial charge in [0.15, 0.2) is 5.84 Å². The summed E-state index contributed by atoms with van der Waals surface area (Å²) in [5, 5.41) is 11.6. The highest BCUT2D eigenvalue weighted by Crippen LogP contribution is 2.32. The molecule has 1 aromatic heterocycles. The van der Waals surface area contributed by atoms with Crippen molar-refractivity contribution in [1.82, 2.24) is 4.98 Å². The van der Waals surface area contributed by atoms with Crippen molar-refractivity contribution in [2.75, 3.05) is 11.4 Å². The molecule has 0 fully saturated rings. The summed E-state index contributed by atoms with van der Waals surface area (Å²) in [5.74, 6) is 0.945. The summed E-state index contributed by atoms with van der Waals surface area (Å²) < 4.78 is 0. The van der Waals surface area contributed by atoms with Crippen LogP contribution in [0.5, 0.6) is 0 Å². The third kappa shape index (κ3) is 1.99. The zero-order chi connectivity index (χ0) is 13.2. The van der Waals surface area contributed by atoms with Crippen molar-refractivity contribution < 1.29 is 5.21 Å².